The van der Waals surface area contributed by atoms with Gasteiger partial charge < -0.3 is 4.98 Å². The summed E-state index contributed by atoms with van der Waals surface area (Å²) in [5.74, 6) is -0.417. The summed E-state index contributed by atoms with van der Waals surface area (Å²) in [7, 11) is 0. The minimum absolute atomic E-state index is 0.0820. The number of nitrogens with one attached hydrogen (secondary N) is 1. The summed E-state index contributed by atoms with van der Waals surface area (Å²) in [6.07, 6.45) is 1.12. The van der Waals surface area contributed by atoms with Crippen LogP contribution in [0.4, 0.5) is 0 Å². The normalized spacial score (nSPS) is 10.5. The van der Waals surface area contributed by atoms with E-state index in [0.717, 1.165) is 10.8 Å². The van der Waals surface area contributed by atoms with E-state index in [9.17, 15) is 14.4 Å². The molecule has 2 rings (SSSR count). The quantitative estimate of drug-likeness (QED) is 0.849. The van der Waals surface area contributed by atoms with Gasteiger partial charge in [-0.1, -0.05) is 11.6 Å². The molecule has 1 N–H and O–H groups in total. The lowest BCUT2D eigenvalue weighted by Gasteiger charge is -2.08. The van der Waals surface area contributed by atoms with Crippen LogP contribution in [0.3, 0.4) is 0 Å². The number of carbonyl (C=O) groups is 1. The summed E-state index contributed by atoms with van der Waals surface area (Å²) in [6, 6.07) is 4.63. The lowest BCUT2D eigenvalue weighted by atomic mass is 10.2. The molecule has 0 spiro atoms. The molecular weight excluding hydrogens is 336 g/mol. The Morgan fingerprint density at radius 3 is 2.63 bits per heavy atom. The summed E-state index contributed by atoms with van der Waals surface area (Å²) in [6.45, 7) is 1.26. The molecule has 0 radical (unpaired) electrons. The second kappa shape index (κ2) is 5.14. The van der Waals surface area contributed by atoms with Gasteiger partial charge in [-0.2, -0.15) is 0 Å². The number of ketones is 1. The summed E-state index contributed by atoms with van der Waals surface area (Å²) in [5.41, 5.74) is -1.06. The van der Waals surface area contributed by atoms with Crippen LogP contribution in [0.15, 0.2) is 38.5 Å². The van der Waals surface area contributed by atoms with Crippen molar-refractivity contribution in [3.05, 3.63) is 60.3 Å². The Morgan fingerprint density at radius 1 is 1.37 bits per heavy atom. The van der Waals surface area contributed by atoms with E-state index in [-0.39, 0.29) is 5.56 Å². The molecule has 19 heavy (non-hydrogen) atoms. The first-order valence-electron chi connectivity index (χ1n) is 5.23. The zero-order chi connectivity index (χ0) is 14.2. The van der Waals surface area contributed by atoms with Crippen LogP contribution in [-0.4, -0.2) is 15.3 Å². The molecule has 0 aliphatic carbocycles. The molecule has 98 valence electrons. The Labute approximate surface area is 121 Å². The molecule has 2 aromatic rings. The number of hydrogen-bond donors (Lipinski definition) is 1. The highest BCUT2D eigenvalue weighted by atomic mass is 79.9. The maximum absolute atomic E-state index is 12.1. The van der Waals surface area contributed by atoms with Gasteiger partial charge in [0, 0.05) is 15.7 Å². The fourth-order valence-corrected chi connectivity index (χ4v) is 2.47. The van der Waals surface area contributed by atoms with Crippen LogP contribution in [0.5, 0.6) is 0 Å². The van der Waals surface area contributed by atoms with Gasteiger partial charge in [-0.25, -0.2) is 9.36 Å². The second-order valence-corrected chi connectivity index (χ2v) is 5.09. The Hall–Kier alpha value is -1.66. The predicted molar refractivity (Wildman–Crippen MR) is 75.4 cm³/mol. The van der Waals surface area contributed by atoms with E-state index in [2.05, 4.69) is 20.9 Å². The molecule has 1 heterocycles. The van der Waals surface area contributed by atoms with Gasteiger partial charge in [0.1, 0.15) is 0 Å². The van der Waals surface area contributed by atoms with E-state index in [0.29, 0.717) is 15.2 Å². The first kappa shape index (κ1) is 13.8. The van der Waals surface area contributed by atoms with Gasteiger partial charge in [-0.05, 0) is 41.1 Å². The number of H-pyrrole nitrogens is 1. The molecule has 7 heteroatoms. The van der Waals surface area contributed by atoms with E-state index >= 15 is 0 Å². The largest absolute Gasteiger partial charge is 0.333 e. The third kappa shape index (κ3) is 2.54. The molecule has 0 bridgehead atoms. The van der Waals surface area contributed by atoms with Gasteiger partial charge in [0.05, 0.1) is 11.3 Å². The van der Waals surface area contributed by atoms with Crippen molar-refractivity contribution in [2.24, 2.45) is 0 Å². The number of Topliss-reactive ketones (excluding diaryl/α,β-unsaturated/α-hetero) is 1. The van der Waals surface area contributed by atoms with E-state index < -0.39 is 17.0 Å². The molecule has 0 saturated carbocycles. The molecule has 0 atom stereocenters. The molecule has 0 saturated heterocycles. The molecule has 5 nitrogen and oxygen atoms in total. The SMILES string of the molecule is CC(=O)c1c[nH]c(=O)n(-c2ccc(Cl)cc2Br)c1=O. The number of halogens is 2. The molecule has 0 aliphatic rings. The Balaban J connectivity index is 2.82. The summed E-state index contributed by atoms with van der Waals surface area (Å²) >= 11 is 9.04. The third-order valence-corrected chi connectivity index (χ3v) is 3.38. The zero-order valence-corrected chi connectivity index (χ0v) is 12.1. The molecule has 0 fully saturated rings. The highest BCUT2D eigenvalue weighted by Gasteiger charge is 2.14. The Kier molecular flexibility index (Phi) is 3.73. The number of nitrogens with zero attached hydrogens (tertiary/aromatic N) is 1. The van der Waals surface area contributed by atoms with Crippen LogP contribution in [0.25, 0.3) is 5.69 Å². The summed E-state index contributed by atoms with van der Waals surface area (Å²) in [4.78, 5) is 37.6. The molecule has 0 unspecified atom stereocenters. The molecule has 0 aliphatic heterocycles. The molecular formula is C12H8BrClN2O3. The molecule has 0 amide bonds. The number of benzene rings is 1. The van der Waals surface area contributed by atoms with E-state index in [1.165, 1.54) is 13.0 Å². The van der Waals surface area contributed by atoms with Gasteiger partial charge in [0.2, 0.25) is 0 Å². The summed E-state index contributed by atoms with van der Waals surface area (Å²) in [5, 5.41) is 0.461. The van der Waals surface area contributed by atoms with Crippen molar-refractivity contribution < 1.29 is 4.79 Å². The highest BCUT2D eigenvalue weighted by molar-refractivity contribution is 9.10. The predicted octanol–water partition coefficient (Wildman–Crippen LogP) is 2.14. The van der Waals surface area contributed by atoms with Crippen LogP contribution < -0.4 is 11.2 Å². The number of carbonyl (C=O) groups excluding carboxylic acids is 1. The topological polar surface area (TPSA) is 71.9 Å². The highest BCUT2D eigenvalue weighted by Crippen LogP contribution is 2.23. The standard InChI is InChI=1S/C12H8BrClN2O3/c1-6(17)8-5-15-12(19)16(11(8)18)10-3-2-7(14)4-9(10)13/h2-5H,1H3,(H,15,19). The average molecular weight is 344 g/mol. The Bertz CT molecular complexity index is 779. The minimum Gasteiger partial charge on any atom is -0.313 e. The number of aromatic amines is 1. The number of rotatable bonds is 2. The van der Waals surface area contributed by atoms with Gasteiger partial charge in [-0.3, -0.25) is 9.59 Å². The van der Waals surface area contributed by atoms with Crippen molar-refractivity contribution in [1.29, 1.82) is 0 Å². The lowest BCUT2D eigenvalue weighted by Crippen LogP contribution is -2.36. The smallest absolute Gasteiger partial charge is 0.313 e. The summed E-state index contributed by atoms with van der Waals surface area (Å²) < 4.78 is 1.37. The number of hydrogen-bond acceptors (Lipinski definition) is 3. The Morgan fingerprint density at radius 2 is 2.05 bits per heavy atom. The van der Waals surface area contributed by atoms with E-state index in [1.807, 2.05) is 0 Å². The van der Waals surface area contributed by atoms with Crippen molar-refractivity contribution in [3.63, 3.8) is 0 Å². The van der Waals surface area contributed by atoms with Crippen molar-refractivity contribution in [1.82, 2.24) is 9.55 Å². The van der Waals surface area contributed by atoms with Gasteiger partial charge in [0.25, 0.3) is 5.56 Å². The third-order valence-electron chi connectivity index (χ3n) is 2.51. The maximum atomic E-state index is 12.1. The van der Waals surface area contributed by atoms with Crippen LogP contribution in [0, 0.1) is 0 Å². The first-order valence-corrected chi connectivity index (χ1v) is 6.40. The first-order chi connectivity index (χ1) is 8.91. The van der Waals surface area contributed by atoms with Gasteiger partial charge in [0.15, 0.2) is 5.78 Å². The maximum Gasteiger partial charge on any atom is 0.333 e. The van der Waals surface area contributed by atoms with E-state index in [4.69, 9.17) is 11.6 Å². The van der Waals surface area contributed by atoms with Crippen LogP contribution in [0.1, 0.15) is 17.3 Å². The average Bonchev–Trinajstić information content (AvgIpc) is 2.31. The fourth-order valence-electron chi connectivity index (χ4n) is 1.61. The number of aromatic nitrogens is 2. The van der Waals surface area contributed by atoms with Gasteiger partial charge in [-0.15, -0.1) is 0 Å². The van der Waals surface area contributed by atoms with Crippen molar-refractivity contribution in [2.45, 2.75) is 6.92 Å². The van der Waals surface area contributed by atoms with E-state index in [1.54, 1.807) is 12.1 Å². The van der Waals surface area contributed by atoms with Crippen LogP contribution in [-0.2, 0) is 0 Å². The van der Waals surface area contributed by atoms with Crippen molar-refractivity contribution >= 4 is 33.3 Å². The monoisotopic (exact) mass is 342 g/mol. The fraction of sp³-hybridized carbons (Fsp3) is 0.0833. The second-order valence-electron chi connectivity index (χ2n) is 3.80. The zero-order valence-electron chi connectivity index (χ0n) is 9.74. The van der Waals surface area contributed by atoms with Crippen molar-refractivity contribution in [3.8, 4) is 5.69 Å². The minimum atomic E-state index is -0.667. The van der Waals surface area contributed by atoms with Crippen LogP contribution >= 0.6 is 27.5 Å². The molecule has 1 aromatic heterocycles. The lowest BCUT2D eigenvalue weighted by molar-refractivity contribution is 0.101. The molecule has 1 aromatic carbocycles. The van der Waals surface area contributed by atoms with Crippen molar-refractivity contribution in [2.75, 3.05) is 0 Å². The van der Waals surface area contributed by atoms with Crippen LogP contribution in [0.2, 0.25) is 5.02 Å². The van der Waals surface area contributed by atoms with Gasteiger partial charge >= 0.3 is 5.69 Å².